The van der Waals surface area contributed by atoms with Crippen molar-refractivity contribution in [3.05, 3.63) is 23.8 Å². The second kappa shape index (κ2) is 6.66. The fraction of sp³-hybridized carbons (Fsp3) is 0.500. The zero-order valence-electron chi connectivity index (χ0n) is 12.6. The summed E-state index contributed by atoms with van der Waals surface area (Å²) in [6.45, 7) is 5.90. The number of halogens is 1. The zero-order chi connectivity index (χ0) is 16.3. The SMILES string of the molecule is CCC(C)(CC)NC(=O)c1ccc(OC)c(S(=O)(=O)Cl)c1. The Labute approximate surface area is 130 Å². The van der Waals surface area contributed by atoms with E-state index < -0.39 is 9.05 Å². The Bertz CT molecular complexity index is 624. The predicted octanol–water partition coefficient (Wildman–Crippen LogP) is 2.93. The molecule has 1 amide bonds. The van der Waals surface area contributed by atoms with E-state index >= 15 is 0 Å². The van der Waals surface area contributed by atoms with Gasteiger partial charge in [-0.05, 0) is 38.0 Å². The second-order valence-corrected chi connectivity index (χ2v) is 7.56. The minimum atomic E-state index is -3.99. The van der Waals surface area contributed by atoms with Crippen LogP contribution in [0.5, 0.6) is 5.75 Å². The van der Waals surface area contributed by atoms with Crippen LogP contribution < -0.4 is 10.1 Å². The van der Waals surface area contributed by atoms with E-state index in [1.54, 1.807) is 0 Å². The maximum Gasteiger partial charge on any atom is 0.265 e. The van der Waals surface area contributed by atoms with E-state index in [1.165, 1.54) is 25.3 Å². The number of amides is 1. The van der Waals surface area contributed by atoms with Gasteiger partial charge < -0.3 is 10.1 Å². The summed E-state index contributed by atoms with van der Waals surface area (Å²) in [5.41, 5.74) is -0.111. The monoisotopic (exact) mass is 333 g/mol. The Morgan fingerprint density at radius 2 is 1.90 bits per heavy atom. The largest absolute Gasteiger partial charge is 0.495 e. The molecule has 1 N–H and O–H groups in total. The summed E-state index contributed by atoms with van der Waals surface area (Å²) in [4.78, 5) is 12.1. The van der Waals surface area contributed by atoms with E-state index in [2.05, 4.69) is 5.32 Å². The summed E-state index contributed by atoms with van der Waals surface area (Å²) in [6, 6.07) is 4.15. The quantitative estimate of drug-likeness (QED) is 0.812. The molecule has 1 aromatic rings. The Hall–Kier alpha value is -1.27. The van der Waals surface area contributed by atoms with E-state index in [-0.39, 0.29) is 27.7 Å². The molecular weight excluding hydrogens is 314 g/mol. The topological polar surface area (TPSA) is 72.5 Å². The molecule has 1 aromatic carbocycles. The first-order valence-electron chi connectivity index (χ1n) is 6.62. The number of carbonyl (C=O) groups is 1. The van der Waals surface area contributed by atoms with Crippen molar-refractivity contribution in [1.82, 2.24) is 5.32 Å². The average Bonchev–Trinajstić information content (AvgIpc) is 2.45. The molecule has 0 saturated carbocycles. The Morgan fingerprint density at radius 1 is 1.33 bits per heavy atom. The van der Waals surface area contributed by atoms with Crippen LogP contribution in [0.25, 0.3) is 0 Å². The lowest BCUT2D eigenvalue weighted by molar-refractivity contribution is 0.0901. The maximum absolute atomic E-state index is 12.3. The maximum atomic E-state index is 12.3. The van der Waals surface area contributed by atoms with Crippen LogP contribution >= 0.6 is 10.7 Å². The van der Waals surface area contributed by atoms with Gasteiger partial charge in [0.2, 0.25) is 0 Å². The molecule has 0 radical (unpaired) electrons. The molecule has 0 heterocycles. The van der Waals surface area contributed by atoms with Crippen LogP contribution in [0, 0.1) is 0 Å². The van der Waals surface area contributed by atoms with Crippen molar-refractivity contribution in [1.29, 1.82) is 0 Å². The van der Waals surface area contributed by atoms with Crippen molar-refractivity contribution >= 4 is 25.6 Å². The molecule has 0 aliphatic carbocycles. The molecule has 0 aromatic heterocycles. The van der Waals surface area contributed by atoms with Crippen molar-refractivity contribution in [3.63, 3.8) is 0 Å². The van der Waals surface area contributed by atoms with Gasteiger partial charge in [0.25, 0.3) is 15.0 Å². The standard InChI is InChI=1S/C14H20ClNO4S/c1-5-14(3,6-2)16-13(17)10-7-8-11(20-4)12(9-10)21(15,18)19/h7-9H,5-6H2,1-4H3,(H,16,17). The molecule has 5 nitrogen and oxygen atoms in total. The molecule has 1 rings (SSSR count). The lowest BCUT2D eigenvalue weighted by Crippen LogP contribution is -2.44. The first-order chi connectivity index (χ1) is 9.66. The number of carbonyl (C=O) groups excluding carboxylic acids is 1. The van der Waals surface area contributed by atoms with Crippen LogP contribution in [-0.2, 0) is 9.05 Å². The summed E-state index contributed by atoms with van der Waals surface area (Å²) in [5, 5.41) is 2.91. The predicted molar refractivity (Wildman–Crippen MR) is 82.5 cm³/mol. The first kappa shape index (κ1) is 17.8. The minimum Gasteiger partial charge on any atom is -0.495 e. The summed E-state index contributed by atoms with van der Waals surface area (Å²) in [7, 11) is 2.72. The highest BCUT2D eigenvalue weighted by Crippen LogP contribution is 2.28. The average molecular weight is 334 g/mol. The van der Waals surface area contributed by atoms with Gasteiger partial charge in [-0.15, -0.1) is 0 Å². The first-order valence-corrected chi connectivity index (χ1v) is 8.93. The van der Waals surface area contributed by atoms with Gasteiger partial charge in [0.05, 0.1) is 7.11 Å². The van der Waals surface area contributed by atoms with Crippen LogP contribution in [0.15, 0.2) is 23.1 Å². The second-order valence-electron chi connectivity index (χ2n) is 5.03. The molecule has 0 atom stereocenters. The van der Waals surface area contributed by atoms with Crippen molar-refractivity contribution in [2.24, 2.45) is 0 Å². The van der Waals surface area contributed by atoms with Crippen molar-refractivity contribution < 1.29 is 17.9 Å². The summed E-state index contributed by atoms with van der Waals surface area (Å²) in [5.74, 6) is -0.235. The fourth-order valence-electron chi connectivity index (χ4n) is 1.78. The molecule has 0 spiro atoms. The molecule has 21 heavy (non-hydrogen) atoms. The third-order valence-electron chi connectivity index (χ3n) is 3.66. The van der Waals surface area contributed by atoms with Gasteiger partial charge in [-0.2, -0.15) is 0 Å². The van der Waals surface area contributed by atoms with E-state index in [0.717, 1.165) is 12.8 Å². The van der Waals surface area contributed by atoms with Crippen molar-refractivity contribution in [3.8, 4) is 5.75 Å². The van der Waals surface area contributed by atoms with Gasteiger partial charge in [-0.1, -0.05) is 13.8 Å². The van der Waals surface area contributed by atoms with E-state index in [1.807, 2.05) is 20.8 Å². The number of hydrogen-bond acceptors (Lipinski definition) is 4. The molecule has 0 aliphatic rings. The fourth-order valence-corrected chi connectivity index (χ4v) is 2.80. The van der Waals surface area contributed by atoms with Gasteiger partial charge in [-0.25, -0.2) is 8.42 Å². The molecule has 7 heteroatoms. The van der Waals surface area contributed by atoms with Gasteiger partial charge in [0.1, 0.15) is 10.6 Å². The van der Waals surface area contributed by atoms with Crippen LogP contribution in [-0.4, -0.2) is 27.0 Å². The van der Waals surface area contributed by atoms with Crippen LogP contribution in [0.4, 0.5) is 0 Å². The van der Waals surface area contributed by atoms with Gasteiger partial charge in [-0.3, -0.25) is 4.79 Å². The Kier molecular flexibility index (Phi) is 5.64. The number of nitrogens with one attached hydrogen (secondary N) is 1. The summed E-state index contributed by atoms with van der Waals surface area (Å²) < 4.78 is 28.0. The molecule has 0 aliphatic heterocycles. The molecule has 0 fully saturated rings. The highest BCUT2D eigenvalue weighted by atomic mass is 35.7. The molecule has 0 unspecified atom stereocenters. The normalized spacial score (nSPS) is 12.0. The number of methoxy groups -OCH3 is 1. The smallest absolute Gasteiger partial charge is 0.265 e. The van der Waals surface area contributed by atoms with Crippen LogP contribution in [0.1, 0.15) is 44.0 Å². The Morgan fingerprint density at radius 3 is 2.33 bits per heavy atom. The van der Waals surface area contributed by atoms with E-state index in [0.29, 0.717) is 0 Å². The molecule has 0 saturated heterocycles. The van der Waals surface area contributed by atoms with E-state index in [9.17, 15) is 13.2 Å². The zero-order valence-corrected chi connectivity index (χ0v) is 14.1. The van der Waals surface area contributed by atoms with Gasteiger partial charge in [0, 0.05) is 21.8 Å². The highest BCUT2D eigenvalue weighted by Gasteiger charge is 2.24. The van der Waals surface area contributed by atoms with Gasteiger partial charge in [0.15, 0.2) is 0 Å². The molecular formula is C14H20ClNO4S. The number of rotatable bonds is 6. The van der Waals surface area contributed by atoms with Crippen molar-refractivity contribution in [2.45, 2.75) is 44.0 Å². The third-order valence-corrected chi connectivity index (χ3v) is 5.01. The van der Waals surface area contributed by atoms with Gasteiger partial charge >= 0.3 is 0 Å². The number of ether oxygens (including phenoxy) is 1. The lowest BCUT2D eigenvalue weighted by atomic mass is 9.95. The summed E-state index contributed by atoms with van der Waals surface area (Å²) in [6.07, 6.45) is 1.54. The van der Waals surface area contributed by atoms with E-state index in [4.69, 9.17) is 15.4 Å². The minimum absolute atomic E-state index is 0.107. The molecule has 0 bridgehead atoms. The lowest BCUT2D eigenvalue weighted by Gasteiger charge is -2.28. The van der Waals surface area contributed by atoms with Crippen LogP contribution in [0.2, 0.25) is 0 Å². The summed E-state index contributed by atoms with van der Waals surface area (Å²) >= 11 is 0. The third kappa shape index (κ3) is 4.35. The number of hydrogen-bond donors (Lipinski definition) is 1. The highest BCUT2D eigenvalue weighted by molar-refractivity contribution is 8.13. The number of benzene rings is 1. The van der Waals surface area contributed by atoms with Crippen molar-refractivity contribution in [2.75, 3.05) is 7.11 Å². The molecule has 118 valence electrons. The van der Waals surface area contributed by atoms with Crippen LogP contribution in [0.3, 0.4) is 0 Å². The Balaban J connectivity index is 3.19.